The van der Waals surface area contributed by atoms with Crippen LogP contribution in [0.25, 0.3) is 0 Å². The fourth-order valence-electron chi connectivity index (χ4n) is 3.17. The normalized spacial score (nSPS) is 22.7. The van der Waals surface area contributed by atoms with Crippen LogP contribution in [0.15, 0.2) is 29.2 Å². The van der Waals surface area contributed by atoms with Gasteiger partial charge in [0.25, 0.3) is 5.91 Å². The number of sulfonamides is 1. The molecular formula is C17H24N2O4S. The molecule has 6 nitrogen and oxygen atoms in total. The maximum atomic E-state index is 12.7. The van der Waals surface area contributed by atoms with Crippen molar-refractivity contribution in [1.82, 2.24) is 9.21 Å². The molecule has 0 radical (unpaired) electrons. The molecule has 2 saturated heterocycles. The molecule has 2 fully saturated rings. The number of carbonyl (C=O) groups excluding carboxylic acids is 1. The molecule has 1 amide bonds. The van der Waals surface area contributed by atoms with Crippen molar-refractivity contribution in [3.8, 4) is 0 Å². The predicted octanol–water partition coefficient (Wildman–Crippen LogP) is 1.26. The minimum Gasteiger partial charge on any atom is -0.368 e. The summed E-state index contributed by atoms with van der Waals surface area (Å²) in [5.41, 5.74) is 1.11. The van der Waals surface area contributed by atoms with Crippen LogP contribution in [0.5, 0.6) is 0 Å². The molecule has 0 aromatic heterocycles. The first-order valence-corrected chi connectivity index (χ1v) is 9.96. The van der Waals surface area contributed by atoms with Crippen molar-refractivity contribution >= 4 is 15.9 Å². The van der Waals surface area contributed by atoms with Gasteiger partial charge >= 0.3 is 0 Å². The van der Waals surface area contributed by atoms with Crippen LogP contribution in [-0.4, -0.2) is 62.4 Å². The number of benzene rings is 1. The van der Waals surface area contributed by atoms with Crippen LogP contribution in [0.3, 0.4) is 0 Å². The van der Waals surface area contributed by atoms with Gasteiger partial charge in [0.15, 0.2) is 0 Å². The van der Waals surface area contributed by atoms with Crippen LogP contribution in [0.4, 0.5) is 0 Å². The summed E-state index contributed by atoms with van der Waals surface area (Å²) in [6.07, 6.45) is 2.22. The van der Waals surface area contributed by atoms with Gasteiger partial charge in [0.1, 0.15) is 6.10 Å². The lowest BCUT2D eigenvalue weighted by atomic mass is 10.2. The summed E-state index contributed by atoms with van der Waals surface area (Å²) in [5, 5.41) is 0. The molecule has 0 spiro atoms. The minimum absolute atomic E-state index is 0.00292. The number of hydrogen-bond donors (Lipinski definition) is 0. The highest BCUT2D eigenvalue weighted by molar-refractivity contribution is 7.89. The van der Waals surface area contributed by atoms with E-state index in [4.69, 9.17) is 4.74 Å². The molecule has 2 heterocycles. The smallest absolute Gasteiger partial charge is 0.251 e. The Kier molecular flexibility index (Phi) is 5.22. The van der Waals surface area contributed by atoms with Gasteiger partial charge in [0.2, 0.25) is 10.0 Å². The lowest BCUT2D eigenvalue weighted by Gasteiger charge is -2.35. The van der Waals surface area contributed by atoms with E-state index in [1.165, 1.54) is 4.31 Å². The second-order valence-corrected chi connectivity index (χ2v) is 8.17. The van der Waals surface area contributed by atoms with E-state index in [2.05, 4.69) is 0 Å². The van der Waals surface area contributed by atoms with E-state index in [1.807, 2.05) is 19.1 Å². The molecular weight excluding hydrogens is 328 g/mol. The molecule has 0 bridgehead atoms. The Balaban J connectivity index is 1.63. The van der Waals surface area contributed by atoms with Gasteiger partial charge in [-0.3, -0.25) is 4.79 Å². The highest BCUT2D eigenvalue weighted by Crippen LogP contribution is 2.20. The predicted molar refractivity (Wildman–Crippen MR) is 90.1 cm³/mol. The van der Waals surface area contributed by atoms with Crippen molar-refractivity contribution in [3.05, 3.63) is 29.8 Å². The largest absolute Gasteiger partial charge is 0.368 e. The Morgan fingerprint density at radius 3 is 2.38 bits per heavy atom. The molecule has 0 unspecified atom stereocenters. The van der Waals surface area contributed by atoms with Crippen molar-refractivity contribution < 1.29 is 17.9 Å². The first-order chi connectivity index (χ1) is 11.5. The van der Waals surface area contributed by atoms with Gasteiger partial charge in [-0.2, -0.15) is 4.31 Å². The fraction of sp³-hybridized carbons (Fsp3) is 0.588. The third-order valence-electron chi connectivity index (χ3n) is 4.72. The standard InChI is InChI=1S/C17H24N2O4S/c1-2-14-5-7-15(8-6-14)24(21,22)19-11-9-18(10-12-19)17(20)16-4-3-13-23-16/h5-8,16H,2-4,9-13H2,1H3/t16-/m1/s1. The van der Waals surface area contributed by atoms with Crippen molar-refractivity contribution in [2.75, 3.05) is 32.8 Å². The zero-order valence-corrected chi connectivity index (χ0v) is 14.8. The van der Waals surface area contributed by atoms with Crippen LogP contribution in [-0.2, 0) is 26.0 Å². The quantitative estimate of drug-likeness (QED) is 0.818. The van der Waals surface area contributed by atoms with E-state index in [1.54, 1.807) is 17.0 Å². The lowest BCUT2D eigenvalue weighted by Crippen LogP contribution is -2.52. The van der Waals surface area contributed by atoms with Gasteiger partial charge in [-0.05, 0) is 37.0 Å². The number of hydrogen-bond acceptors (Lipinski definition) is 4. The molecule has 2 aliphatic rings. The summed E-state index contributed by atoms with van der Waals surface area (Å²) in [6, 6.07) is 7.03. The Hall–Kier alpha value is -1.44. The number of aryl methyl sites for hydroxylation is 1. The second-order valence-electron chi connectivity index (χ2n) is 6.23. The number of amides is 1. The van der Waals surface area contributed by atoms with E-state index < -0.39 is 10.0 Å². The fourth-order valence-corrected chi connectivity index (χ4v) is 4.59. The minimum atomic E-state index is -3.49. The third-order valence-corrected chi connectivity index (χ3v) is 6.64. The molecule has 3 rings (SSSR count). The zero-order chi connectivity index (χ0) is 17.2. The Morgan fingerprint density at radius 1 is 1.17 bits per heavy atom. The number of ether oxygens (including phenoxy) is 1. The van der Waals surface area contributed by atoms with Crippen LogP contribution in [0.1, 0.15) is 25.3 Å². The Labute approximate surface area is 143 Å². The lowest BCUT2D eigenvalue weighted by molar-refractivity contribution is -0.142. The maximum Gasteiger partial charge on any atom is 0.251 e. The van der Waals surface area contributed by atoms with E-state index in [9.17, 15) is 13.2 Å². The SMILES string of the molecule is CCc1ccc(S(=O)(=O)N2CCN(C(=O)[C@H]3CCCO3)CC2)cc1. The molecule has 1 aromatic carbocycles. The van der Waals surface area contributed by atoms with Gasteiger partial charge < -0.3 is 9.64 Å². The molecule has 0 N–H and O–H groups in total. The number of piperazine rings is 1. The number of carbonyl (C=O) groups is 1. The maximum absolute atomic E-state index is 12.7. The number of rotatable bonds is 4. The third kappa shape index (κ3) is 3.48. The van der Waals surface area contributed by atoms with Crippen LogP contribution in [0.2, 0.25) is 0 Å². The van der Waals surface area contributed by atoms with Crippen LogP contribution in [0, 0.1) is 0 Å². The summed E-state index contributed by atoms with van der Waals surface area (Å²) in [6.45, 7) is 4.18. The van der Waals surface area contributed by atoms with Crippen LogP contribution < -0.4 is 0 Å². The van der Waals surface area contributed by atoms with Gasteiger partial charge in [0, 0.05) is 32.8 Å². The van der Waals surface area contributed by atoms with Gasteiger partial charge in [0.05, 0.1) is 4.90 Å². The number of nitrogens with zero attached hydrogens (tertiary/aromatic N) is 2. The highest BCUT2D eigenvalue weighted by atomic mass is 32.2. The van der Waals surface area contributed by atoms with Gasteiger partial charge in [-0.15, -0.1) is 0 Å². The van der Waals surface area contributed by atoms with Gasteiger partial charge in [-0.1, -0.05) is 19.1 Å². The topological polar surface area (TPSA) is 66.9 Å². The molecule has 0 aliphatic carbocycles. The molecule has 1 aromatic rings. The molecule has 2 aliphatic heterocycles. The van der Waals surface area contributed by atoms with Crippen molar-refractivity contribution in [1.29, 1.82) is 0 Å². The second kappa shape index (κ2) is 7.21. The average Bonchev–Trinajstić information content (AvgIpc) is 3.16. The first-order valence-electron chi connectivity index (χ1n) is 8.52. The van der Waals surface area contributed by atoms with E-state index in [0.717, 1.165) is 24.8 Å². The highest BCUT2D eigenvalue weighted by Gasteiger charge is 2.33. The summed E-state index contributed by atoms with van der Waals surface area (Å²) >= 11 is 0. The van der Waals surface area contributed by atoms with E-state index >= 15 is 0 Å². The summed E-state index contributed by atoms with van der Waals surface area (Å²) < 4.78 is 32.3. The summed E-state index contributed by atoms with van der Waals surface area (Å²) in [5.74, 6) is -0.00292. The van der Waals surface area contributed by atoms with Crippen LogP contribution >= 0.6 is 0 Å². The van der Waals surface area contributed by atoms with Crippen molar-refractivity contribution in [3.63, 3.8) is 0 Å². The Bertz CT molecular complexity index is 673. The molecule has 1 atom stereocenters. The molecule has 7 heteroatoms. The molecule has 0 saturated carbocycles. The van der Waals surface area contributed by atoms with Crippen molar-refractivity contribution in [2.45, 2.75) is 37.2 Å². The molecule has 132 valence electrons. The van der Waals surface area contributed by atoms with Gasteiger partial charge in [-0.25, -0.2) is 8.42 Å². The summed E-state index contributed by atoms with van der Waals surface area (Å²) in [4.78, 5) is 14.4. The Morgan fingerprint density at radius 2 is 1.83 bits per heavy atom. The van der Waals surface area contributed by atoms with E-state index in [0.29, 0.717) is 37.7 Å². The van der Waals surface area contributed by atoms with Crippen molar-refractivity contribution in [2.24, 2.45) is 0 Å². The van der Waals surface area contributed by atoms with E-state index in [-0.39, 0.29) is 12.0 Å². The average molecular weight is 352 g/mol. The zero-order valence-electron chi connectivity index (χ0n) is 14.0. The summed E-state index contributed by atoms with van der Waals surface area (Å²) in [7, 11) is -3.49. The monoisotopic (exact) mass is 352 g/mol. The first kappa shape index (κ1) is 17.4. The molecule has 24 heavy (non-hydrogen) atoms.